The second-order valence-electron chi connectivity index (χ2n) is 2.57. The Hall–Kier alpha value is -1.11. The first-order chi connectivity index (χ1) is 6.83. The molecule has 0 aliphatic carbocycles. The Morgan fingerprint density at radius 3 is 2.40 bits per heavy atom. The fraction of sp³-hybridized carbons (Fsp3) is 0.250. The number of hydrogen-bond donors (Lipinski definition) is 1. The molecule has 7 heteroatoms. The highest BCUT2D eigenvalue weighted by Gasteiger charge is 2.32. The summed E-state index contributed by atoms with van der Waals surface area (Å²) < 4.78 is 52.4. The highest BCUT2D eigenvalue weighted by Crippen LogP contribution is 2.34. The van der Waals surface area contributed by atoms with Gasteiger partial charge in [-0.15, -0.1) is 24.9 Å². The average molecular weight is 241 g/mol. The molecule has 84 valence electrons. The Kier molecular flexibility index (Phi) is 3.33. The number of nitrogen functional groups attached to an aromatic ring is 1. The zero-order valence-corrected chi connectivity index (χ0v) is 8.38. The van der Waals surface area contributed by atoms with E-state index in [9.17, 15) is 17.6 Å². The molecule has 0 unspecified atom stereocenters. The lowest BCUT2D eigenvalue weighted by Gasteiger charge is -2.12. The summed E-state index contributed by atoms with van der Waals surface area (Å²) in [6.07, 6.45) is -3.30. The van der Waals surface area contributed by atoms with Crippen LogP contribution in [-0.2, 0) is 0 Å². The van der Waals surface area contributed by atoms with E-state index < -0.39 is 17.9 Å². The lowest BCUT2D eigenvalue weighted by atomic mass is 10.3. The van der Waals surface area contributed by atoms with Gasteiger partial charge in [0.2, 0.25) is 0 Å². The molecule has 0 aromatic heterocycles. The number of alkyl halides is 3. The molecular formula is C8H7F4NOS. The number of ether oxygens (including phenoxy) is 1. The van der Waals surface area contributed by atoms with Gasteiger partial charge in [-0.25, -0.2) is 4.39 Å². The predicted octanol–water partition coefficient (Wildman–Crippen LogP) is 3.03. The molecular weight excluding hydrogens is 234 g/mol. The molecule has 1 aromatic carbocycles. The van der Waals surface area contributed by atoms with E-state index in [2.05, 4.69) is 4.74 Å². The Balaban J connectivity index is 3.11. The molecule has 0 spiro atoms. The molecule has 0 radical (unpaired) electrons. The van der Waals surface area contributed by atoms with Gasteiger partial charge in [0.25, 0.3) is 0 Å². The van der Waals surface area contributed by atoms with Crippen molar-refractivity contribution in [2.75, 3.05) is 12.0 Å². The molecule has 0 fully saturated rings. The van der Waals surface area contributed by atoms with Crippen LogP contribution in [0.5, 0.6) is 5.75 Å². The summed E-state index contributed by atoms with van der Waals surface area (Å²) in [7, 11) is 0. The molecule has 0 aliphatic heterocycles. The van der Waals surface area contributed by atoms with Crippen molar-refractivity contribution in [1.82, 2.24) is 0 Å². The maximum Gasteiger partial charge on any atom is 0.573 e. The smallest absolute Gasteiger partial charge is 0.405 e. The minimum atomic E-state index is -4.81. The molecule has 1 aromatic rings. The number of nitrogens with two attached hydrogens (primary N) is 1. The molecule has 2 N–H and O–H groups in total. The third-order valence-corrected chi connectivity index (χ3v) is 2.27. The van der Waals surface area contributed by atoms with Crippen LogP contribution in [0.2, 0.25) is 0 Å². The van der Waals surface area contributed by atoms with Crippen LogP contribution >= 0.6 is 11.8 Å². The summed E-state index contributed by atoms with van der Waals surface area (Å²) in [5.74, 6) is -1.26. The number of hydrogen-bond acceptors (Lipinski definition) is 3. The standard InChI is InChI=1S/C8H7F4NOS/c1-15-7-2-4(9)5(13)3-6(7)14-8(10,11)12/h2-3H,13H2,1H3. The Bertz CT molecular complexity index is 366. The Labute approximate surface area is 87.4 Å². The van der Waals surface area contributed by atoms with E-state index >= 15 is 0 Å². The Morgan fingerprint density at radius 2 is 1.93 bits per heavy atom. The quantitative estimate of drug-likeness (QED) is 0.491. The molecule has 1 rings (SSSR count). The maximum absolute atomic E-state index is 12.9. The van der Waals surface area contributed by atoms with Crippen molar-refractivity contribution in [2.45, 2.75) is 11.3 Å². The number of thioether (sulfide) groups is 1. The van der Waals surface area contributed by atoms with Crippen molar-refractivity contribution in [1.29, 1.82) is 0 Å². The van der Waals surface area contributed by atoms with Crippen LogP contribution in [0.3, 0.4) is 0 Å². The number of anilines is 1. The summed E-state index contributed by atoms with van der Waals surface area (Å²) in [6.45, 7) is 0. The van der Waals surface area contributed by atoms with Gasteiger partial charge in [-0.3, -0.25) is 0 Å². The molecule has 0 saturated carbocycles. The molecule has 0 saturated heterocycles. The second-order valence-corrected chi connectivity index (χ2v) is 3.42. The van der Waals surface area contributed by atoms with Crippen molar-refractivity contribution in [3.8, 4) is 5.75 Å². The van der Waals surface area contributed by atoms with Gasteiger partial charge in [-0.05, 0) is 12.3 Å². The van der Waals surface area contributed by atoms with Crippen molar-refractivity contribution in [3.05, 3.63) is 17.9 Å². The van der Waals surface area contributed by atoms with Crippen molar-refractivity contribution in [2.24, 2.45) is 0 Å². The monoisotopic (exact) mass is 241 g/mol. The van der Waals surface area contributed by atoms with Gasteiger partial charge in [0.15, 0.2) is 0 Å². The summed E-state index contributed by atoms with van der Waals surface area (Å²) in [6, 6.07) is 1.72. The molecule has 0 heterocycles. The molecule has 0 bridgehead atoms. The van der Waals surface area contributed by atoms with Crippen molar-refractivity contribution in [3.63, 3.8) is 0 Å². The third-order valence-electron chi connectivity index (χ3n) is 1.51. The van der Waals surface area contributed by atoms with Gasteiger partial charge in [0.05, 0.1) is 10.6 Å². The number of halogens is 4. The second kappa shape index (κ2) is 4.18. The first-order valence-electron chi connectivity index (χ1n) is 3.72. The lowest BCUT2D eigenvalue weighted by molar-refractivity contribution is -0.275. The van der Waals surface area contributed by atoms with E-state index in [0.29, 0.717) is 0 Å². The summed E-state index contributed by atoms with van der Waals surface area (Å²) in [5, 5.41) is 0. The molecule has 0 aliphatic rings. The number of rotatable bonds is 2. The van der Waals surface area contributed by atoms with E-state index in [1.165, 1.54) is 6.26 Å². The summed E-state index contributed by atoms with van der Waals surface area (Å²) in [5.41, 5.74) is 4.75. The van der Waals surface area contributed by atoms with Crippen molar-refractivity contribution < 1.29 is 22.3 Å². The SMILES string of the molecule is CSc1cc(F)c(N)cc1OC(F)(F)F. The van der Waals surface area contributed by atoms with Crippen LogP contribution < -0.4 is 10.5 Å². The zero-order valence-electron chi connectivity index (χ0n) is 7.56. The predicted molar refractivity (Wildman–Crippen MR) is 49.3 cm³/mol. The fourth-order valence-electron chi connectivity index (χ4n) is 0.915. The van der Waals surface area contributed by atoms with Gasteiger partial charge in [0, 0.05) is 6.07 Å². The zero-order chi connectivity index (χ0) is 11.6. The van der Waals surface area contributed by atoms with E-state index in [1.54, 1.807) is 0 Å². The van der Waals surface area contributed by atoms with Gasteiger partial charge >= 0.3 is 6.36 Å². The highest BCUT2D eigenvalue weighted by atomic mass is 32.2. The van der Waals surface area contributed by atoms with Crippen molar-refractivity contribution >= 4 is 17.4 Å². The van der Waals surface area contributed by atoms with Crippen LogP contribution in [0, 0.1) is 5.82 Å². The molecule has 0 amide bonds. The summed E-state index contributed by atoms with van der Waals surface area (Å²) in [4.78, 5) is 0.0408. The number of benzene rings is 1. The first kappa shape index (κ1) is 12.0. The highest BCUT2D eigenvalue weighted by molar-refractivity contribution is 7.98. The van der Waals surface area contributed by atoms with Gasteiger partial charge in [0.1, 0.15) is 11.6 Å². The largest absolute Gasteiger partial charge is 0.573 e. The van der Waals surface area contributed by atoms with Gasteiger partial charge in [-0.1, -0.05) is 0 Å². The fourth-order valence-corrected chi connectivity index (χ4v) is 1.44. The minimum Gasteiger partial charge on any atom is -0.405 e. The van der Waals surface area contributed by atoms with E-state index in [4.69, 9.17) is 5.73 Å². The third kappa shape index (κ3) is 3.19. The molecule has 2 nitrogen and oxygen atoms in total. The maximum atomic E-state index is 12.9. The van der Waals surface area contributed by atoms with Gasteiger partial charge in [-0.2, -0.15) is 0 Å². The lowest BCUT2D eigenvalue weighted by Crippen LogP contribution is -2.17. The summed E-state index contributed by atoms with van der Waals surface area (Å²) >= 11 is 0.938. The topological polar surface area (TPSA) is 35.2 Å². The van der Waals surface area contributed by atoms with E-state index in [0.717, 1.165) is 23.9 Å². The normalized spacial score (nSPS) is 11.5. The minimum absolute atomic E-state index is 0.0408. The molecule has 15 heavy (non-hydrogen) atoms. The van der Waals surface area contributed by atoms with Gasteiger partial charge < -0.3 is 10.5 Å². The average Bonchev–Trinajstić information content (AvgIpc) is 2.08. The Morgan fingerprint density at radius 1 is 1.33 bits per heavy atom. The first-order valence-corrected chi connectivity index (χ1v) is 4.94. The van der Waals surface area contributed by atoms with E-state index in [1.807, 2.05) is 0 Å². The van der Waals surface area contributed by atoms with Crippen LogP contribution in [0.1, 0.15) is 0 Å². The van der Waals surface area contributed by atoms with E-state index in [-0.39, 0.29) is 10.6 Å². The van der Waals surface area contributed by atoms with Crippen LogP contribution in [0.4, 0.5) is 23.2 Å². The van der Waals surface area contributed by atoms with Crippen LogP contribution in [0.15, 0.2) is 17.0 Å². The molecule has 0 atom stereocenters. The van der Waals surface area contributed by atoms with Crippen LogP contribution in [-0.4, -0.2) is 12.6 Å². The van der Waals surface area contributed by atoms with Crippen LogP contribution in [0.25, 0.3) is 0 Å².